The zero-order valence-electron chi connectivity index (χ0n) is 17.3. The molecule has 0 radical (unpaired) electrons. The number of piperazine rings is 1. The summed E-state index contributed by atoms with van der Waals surface area (Å²) in [7, 11) is 0. The van der Waals surface area contributed by atoms with Crippen LogP contribution in [-0.2, 0) is 9.53 Å². The van der Waals surface area contributed by atoms with Crippen LogP contribution >= 0.6 is 0 Å². The monoisotopic (exact) mass is 427 g/mol. The van der Waals surface area contributed by atoms with Gasteiger partial charge in [-0.25, -0.2) is 14.6 Å². The largest absolute Gasteiger partial charge is 0.402 e. The van der Waals surface area contributed by atoms with E-state index in [1.54, 1.807) is 35.6 Å². The van der Waals surface area contributed by atoms with Crippen molar-refractivity contribution in [2.75, 3.05) is 31.5 Å². The van der Waals surface area contributed by atoms with Gasteiger partial charge in [0.05, 0.1) is 0 Å². The van der Waals surface area contributed by atoms with Crippen molar-refractivity contribution < 1.29 is 14.3 Å². The maximum absolute atomic E-state index is 12.4. The van der Waals surface area contributed by atoms with Crippen molar-refractivity contribution in [3.05, 3.63) is 84.5 Å². The van der Waals surface area contributed by atoms with E-state index in [1.165, 1.54) is 0 Å². The fourth-order valence-corrected chi connectivity index (χ4v) is 3.79. The molecule has 1 aromatic heterocycles. The second-order valence-electron chi connectivity index (χ2n) is 7.54. The normalized spacial score (nSPS) is 17.4. The maximum atomic E-state index is 12.4. The molecule has 2 aliphatic heterocycles. The highest BCUT2D eigenvalue weighted by molar-refractivity contribution is 6.16. The number of amides is 2. The fraction of sp³-hybridized carbons (Fsp3) is 0.167. The summed E-state index contributed by atoms with van der Waals surface area (Å²) >= 11 is 0. The lowest BCUT2D eigenvalue weighted by Gasteiger charge is -2.34. The first-order chi connectivity index (χ1) is 15.7. The van der Waals surface area contributed by atoms with E-state index in [-0.39, 0.29) is 11.7 Å². The molecular formula is C24H21N5O3. The van der Waals surface area contributed by atoms with Crippen LogP contribution in [0.25, 0.3) is 10.8 Å². The van der Waals surface area contributed by atoms with Crippen LogP contribution in [0, 0.1) is 0 Å². The molecule has 1 saturated heterocycles. The van der Waals surface area contributed by atoms with Crippen LogP contribution in [-0.4, -0.2) is 58.9 Å². The van der Waals surface area contributed by atoms with E-state index in [4.69, 9.17) is 4.74 Å². The Morgan fingerprint density at radius 3 is 2.53 bits per heavy atom. The highest BCUT2D eigenvalue weighted by Gasteiger charge is 2.27. The van der Waals surface area contributed by atoms with E-state index >= 15 is 0 Å². The molecule has 1 N–H and O–H groups in total. The van der Waals surface area contributed by atoms with Crippen molar-refractivity contribution in [2.45, 2.75) is 0 Å². The van der Waals surface area contributed by atoms with E-state index in [9.17, 15) is 9.59 Å². The number of hydrogen-bond acceptors (Lipinski definition) is 6. The van der Waals surface area contributed by atoms with E-state index in [2.05, 4.69) is 15.3 Å². The van der Waals surface area contributed by atoms with Gasteiger partial charge in [-0.15, -0.1) is 0 Å². The molecule has 0 saturated carbocycles. The molecular weight excluding hydrogens is 406 g/mol. The Labute approximate surface area is 184 Å². The molecule has 2 aliphatic rings. The van der Waals surface area contributed by atoms with Crippen molar-refractivity contribution in [2.24, 2.45) is 4.99 Å². The molecule has 8 heteroatoms. The van der Waals surface area contributed by atoms with Gasteiger partial charge in [-0.1, -0.05) is 36.4 Å². The number of benzene rings is 2. The van der Waals surface area contributed by atoms with Crippen LogP contribution in [0.4, 0.5) is 10.5 Å². The molecule has 3 heterocycles. The van der Waals surface area contributed by atoms with E-state index < -0.39 is 5.97 Å². The lowest BCUT2D eigenvalue weighted by Crippen LogP contribution is -2.48. The smallest absolute Gasteiger partial charge is 0.365 e. The predicted octanol–water partition coefficient (Wildman–Crippen LogP) is 3.23. The van der Waals surface area contributed by atoms with Gasteiger partial charge in [-0.05, 0) is 29.0 Å². The second kappa shape index (κ2) is 8.50. The number of nitrogens with one attached hydrogen (secondary N) is 1. The SMILES string of the molecule is O=C1OC(c2cccc3ccccc23)=NC1=CN1CCN(C(=O)Nc2ccncc2)CC1. The number of fused-ring (bicyclic) bond motifs is 1. The number of esters is 1. The summed E-state index contributed by atoms with van der Waals surface area (Å²) in [6.45, 7) is 2.27. The van der Waals surface area contributed by atoms with E-state index in [0.29, 0.717) is 37.8 Å². The Balaban J connectivity index is 1.26. The quantitative estimate of drug-likeness (QED) is 0.512. The number of aromatic nitrogens is 1. The number of carbonyl (C=O) groups is 2. The summed E-state index contributed by atoms with van der Waals surface area (Å²) in [6.07, 6.45) is 4.99. The number of cyclic esters (lactones) is 1. The number of ether oxygens (including phenoxy) is 1. The summed E-state index contributed by atoms with van der Waals surface area (Å²) in [5.41, 5.74) is 1.76. The third-order valence-corrected chi connectivity index (χ3v) is 5.48. The zero-order valence-corrected chi connectivity index (χ0v) is 17.3. The lowest BCUT2D eigenvalue weighted by atomic mass is 10.0. The summed E-state index contributed by atoms with van der Waals surface area (Å²) in [5.74, 6) is -0.154. The molecule has 160 valence electrons. The average Bonchev–Trinajstić information content (AvgIpc) is 3.19. The highest BCUT2D eigenvalue weighted by atomic mass is 16.6. The molecule has 0 bridgehead atoms. The molecule has 1 fully saturated rings. The van der Waals surface area contributed by atoms with Crippen molar-refractivity contribution in [3.63, 3.8) is 0 Å². The van der Waals surface area contributed by atoms with Crippen molar-refractivity contribution >= 4 is 34.4 Å². The van der Waals surface area contributed by atoms with Crippen LogP contribution in [0.3, 0.4) is 0 Å². The molecule has 0 aliphatic carbocycles. The van der Waals surface area contributed by atoms with Gasteiger partial charge in [0.25, 0.3) is 0 Å². The number of carbonyl (C=O) groups excluding carboxylic acids is 2. The number of aliphatic imine (C=N–C) groups is 1. The van der Waals surface area contributed by atoms with Crippen molar-refractivity contribution in [1.82, 2.24) is 14.8 Å². The second-order valence-corrected chi connectivity index (χ2v) is 7.54. The number of urea groups is 1. The van der Waals surface area contributed by atoms with Gasteiger partial charge in [0, 0.05) is 56.0 Å². The molecule has 3 aromatic rings. The fourth-order valence-electron chi connectivity index (χ4n) is 3.79. The minimum absolute atomic E-state index is 0.153. The minimum atomic E-state index is -0.467. The van der Waals surface area contributed by atoms with Crippen LogP contribution in [0.2, 0.25) is 0 Å². The standard InChI is InChI=1S/C24H21N5O3/c30-23-21(27-22(32-23)20-7-3-5-17-4-1-2-6-19(17)20)16-28-12-14-29(15-13-28)24(31)26-18-8-10-25-11-9-18/h1-11,16H,12-15H2,(H,25,26,31). The first-order valence-electron chi connectivity index (χ1n) is 10.4. The molecule has 0 spiro atoms. The minimum Gasteiger partial charge on any atom is -0.402 e. The van der Waals surface area contributed by atoms with Crippen LogP contribution in [0.15, 0.2) is 83.9 Å². The summed E-state index contributed by atoms with van der Waals surface area (Å²) in [6, 6.07) is 17.1. The number of nitrogens with zero attached hydrogens (tertiary/aromatic N) is 4. The molecule has 5 rings (SSSR count). The third-order valence-electron chi connectivity index (χ3n) is 5.48. The van der Waals surface area contributed by atoms with Gasteiger partial charge in [0.15, 0.2) is 5.70 Å². The Hall–Kier alpha value is -4.20. The number of anilines is 1. The van der Waals surface area contributed by atoms with Gasteiger partial charge < -0.3 is 19.9 Å². The zero-order chi connectivity index (χ0) is 21.9. The third kappa shape index (κ3) is 4.02. The van der Waals surface area contributed by atoms with E-state index in [0.717, 1.165) is 16.3 Å². The summed E-state index contributed by atoms with van der Waals surface area (Å²) in [4.78, 5) is 37.0. The molecule has 0 atom stereocenters. The molecule has 2 amide bonds. The molecule has 32 heavy (non-hydrogen) atoms. The highest BCUT2D eigenvalue weighted by Crippen LogP contribution is 2.24. The van der Waals surface area contributed by atoms with Crippen LogP contribution in [0.5, 0.6) is 0 Å². The van der Waals surface area contributed by atoms with Gasteiger partial charge in [0.2, 0.25) is 5.90 Å². The summed E-state index contributed by atoms with van der Waals surface area (Å²) < 4.78 is 5.47. The lowest BCUT2D eigenvalue weighted by molar-refractivity contribution is -0.130. The van der Waals surface area contributed by atoms with E-state index in [1.807, 2.05) is 47.4 Å². The Bertz CT molecular complexity index is 1230. The maximum Gasteiger partial charge on any atom is 0.365 e. The molecule has 0 unspecified atom stereocenters. The van der Waals surface area contributed by atoms with Crippen LogP contribution in [0.1, 0.15) is 5.56 Å². The first-order valence-corrected chi connectivity index (χ1v) is 10.4. The van der Waals surface area contributed by atoms with Gasteiger partial charge in [-0.3, -0.25) is 4.98 Å². The molecule has 2 aromatic carbocycles. The van der Waals surface area contributed by atoms with Gasteiger partial charge >= 0.3 is 12.0 Å². The summed E-state index contributed by atoms with van der Waals surface area (Å²) in [5, 5.41) is 4.90. The number of rotatable bonds is 3. The van der Waals surface area contributed by atoms with Crippen molar-refractivity contribution in [1.29, 1.82) is 0 Å². The Morgan fingerprint density at radius 1 is 0.969 bits per heavy atom. The van der Waals surface area contributed by atoms with Gasteiger partial charge in [-0.2, -0.15) is 0 Å². The Kier molecular flexibility index (Phi) is 5.25. The molecule has 8 nitrogen and oxygen atoms in total. The first kappa shape index (κ1) is 19.7. The van der Waals surface area contributed by atoms with Crippen LogP contribution < -0.4 is 5.32 Å². The topological polar surface area (TPSA) is 87.1 Å². The predicted molar refractivity (Wildman–Crippen MR) is 121 cm³/mol. The number of hydrogen-bond donors (Lipinski definition) is 1. The van der Waals surface area contributed by atoms with Crippen molar-refractivity contribution in [3.8, 4) is 0 Å². The average molecular weight is 427 g/mol. The Morgan fingerprint density at radius 2 is 1.72 bits per heavy atom. The number of pyridine rings is 1. The van der Waals surface area contributed by atoms with Gasteiger partial charge in [0.1, 0.15) is 0 Å².